The van der Waals surface area contributed by atoms with Crippen molar-refractivity contribution in [2.24, 2.45) is 0 Å². The maximum Gasteiger partial charge on any atom is 0.314 e. The van der Waals surface area contributed by atoms with Crippen LogP contribution in [0.2, 0.25) is 0 Å². The molecule has 0 saturated heterocycles. The van der Waals surface area contributed by atoms with Crippen LogP contribution < -0.4 is 10.6 Å². The minimum Gasteiger partial charge on any atom is -0.396 e. The average molecular weight is 329 g/mol. The molecular formula is C14H21BrN2O2. The van der Waals surface area contributed by atoms with Crippen molar-refractivity contribution < 1.29 is 9.90 Å². The van der Waals surface area contributed by atoms with Gasteiger partial charge in [0.25, 0.3) is 0 Å². The summed E-state index contributed by atoms with van der Waals surface area (Å²) in [6.07, 6.45) is 3.44. The minimum absolute atomic E-state index is 0.129. The molecule has 0 atom stereocenters. The molecule has 2 amide bonds. The summed E-state index contributed by atoms with van der Waals surface area (Å²) in [7, 11) is 0. The first-order chi connectivity index (χ1) is 9.24. The average Bonchev–Trinajstić information content (AvgIpc) is 2.41. The summed E-state index contributed by atoms with van der Waals surface area (Å²) in [5.41, 5.74) is 1.19. The molecule has 0 bridgehead atoms. The van der Waals surface area contributed by atoms with Crippen LogP contribution in [0.4, 0.5) is 4.79 Å². The molecule has 3 N–H and O–H groups in total. The fourth-order valence-electron chi connectivity index (χ4n) is 1.69. The Labute approximate surface area is 122 Å². The first-order valence-electron chi connectivity index (χ1n) is 6.60. The topological polar surface area (TPSA) is 61.4 Å². The third kappa shape index (κ3) is 7.18. The van der Waals surface area contributed by atoms with Crippen molar-refractivity contribution >= 4 is 22.0 Å². The number of hydrogen-bond acceptors (Lipinski definition) is 2. The third-order valence-corrected chi connectivity index (χ3v) is 3.53. The molecule has 5 heteroatoms. The monoisotopic (exact) mass is 328 g/mol. The Balaban J connectivity index is 2.09. The van der Waals surface area contributed by atoms with Crippen molar-refractivity contribution in [1.29, 1.82) is 0 Å². The molecular weight excluding hydrogens is 308 g/mol. The van der Waals surface area contributed by atoms with E-state index >= 15 is 0 Å². The summed E-state index contributed by atoms with van der Waals surface area (Å²) < 4.78 is 1.07. The normalized spacial score (nSPS) is 10.2. The maximum absolute atomic E-state index is 11.5. The van der Waals surface area contributed by atoms with Gasteiger partial charge in [-0.05, 0) is 37.3 Å². The van der Waals surface area contributed by atoms with Crippen molar-refractivity contribution in [3.05, 3.63) is 34.3 Å². The highest BCUT2D eigenvalue weighted by molar-refractivity contribution is 9.10. The highest BCUT2D eigenvalue weighted by Crippen LogP contribution is 2.15. The SMILES string of the molecule is O=C(NCCCCCO)NCCc1ccccc1Br. The lowest BCUT2D eigenvalue weighted by Gasteiger charge is -2.08. The lowest BCUT2D eigenvalue weighted by Crippen LogP contribution is -2.37. The highest BCUT2D eigenvalue weighted by Gasteiger charge is 2.01. The predicted molar refractivity (Wildman–Crippen MR) is 80.2 cm³/mol. The molecule has 0 fully saturated rings. The minimum atomic E-state index is -0.129. The van der Waals surface area contributed by atoms with Gasteiger partial charge in [0.05, 0.1) is 0 Å². The molecule has 0 spiro atoms. The van der Waals surface area contributed by atoms with Crippen molar-refractivity contribution in [3.63, 3.8) is 0 Å². The summed E-state index contributed by atoms with van der Waals surface area (Å²) in [6.45, 7) is 1.49. The van der Waals surface area contributed by atoms with E-state index in [9.17, 15) is 4.79 Å². The second-order valence-corrected chi connectivity index (χ2v) is 5.16. The van der Waals surface area contributed by atoms with Gasteiger partial charge in [-0.2, -0.15) is 0 Å². The van der Waals surface area contributed by atoms with E-state index in [1.165, 1.54) is 5.56 Å². The fourth-order valence-corrected chi connectivity index (χ4v) is 2.17. The third-order valence-electron chi connectivity index (χ3n) is 2.76. The van der Waals surface area contributed by atoms with Crippen molar-refractivity contribution in [2.75, 3.05) is 19.7 Å². The van der Waals surface area contributed by atoms with Crippen LogP contribution in [0.3, 0.4) is 0 Å². The van der Waals surface area contributed by atoms with Crippen molar-refractivity contribution in [1.82, 2.24) is 10.6 Å². The number of hydrogen-bond donors (Lipinski definition) is 3. The molecule has 1 rings (SSSR count). The van der Waals surface area contributed by atoms with Crippen LogP contribution in [-0.4, -0.2) is 30.8 Å². The zero-order valence-electron chi connectivity index (χ0n) is 11.0. The number of aliphatic hydroxyl groups is 1. The van der Waals surface area contributed by atoms with E-state index in [4.69, 9.17) is 5.11 Å². The van der Waals surface area contributed by atoms with Gasteiger partial charge in [-0.1, -0.05) is 34.1 Å². The number of amides is 2. The number of carbonyl (C=O) groups is 1. The fraction of sp³-hybridized carbons (Fsp3) is 0.500. The van der Waals surface area contributed by atoms with Gasteiger partial charge in [0.2, 0.25) is 0 Å². The van der Waals surface area contributed by atoms with E-state index in [1.807, 2.05) is 24.3 Å². The van der Waals surface area contributed by atoms with Gasteiger partial charge in [-0.15, -0.1) is 0 Å². The summed E-state index contributed by atoms with van der Waals surface area (Å²) in [5.74, 6) is 0. The zero-order valence-corrected chi connectivity index (χ0v) is 12.6. The first-order valence-corrected chi connectivity index (χ1v) is 7.39. The van der Waals surface area contributed by atoms with E-state index in [0.717, 1.165) is 30.2 Å². The second-order valence-electron chi connectivity index (χ2n) is 4.31. The Kier molecular flexibility index (Phi) is 8.25. The van der Waals surface area contributed by atoms with Gasteiger partial charge in [-0.3, -0.25) is 0 Å². The molecule has 1 aromatic rings. The summed E-state index contributed by atoms with van der Waals surface area (Å²) in [6, 6.07) is 7.87. The molecule has 0 heterocycles. The summed E-state index contributed by atoms with van der Waals surface area (Å²) in [4.78, 5) is 11.5. The lowest BCUT2D eigenvalue weighted by molar-refractivity contribution is 0.240. The quantitative estimate of drug-likeness (QED) is 0.642. The molecule has 0 aliphatic heterocycles. The smallest absolute Gasteiger partial charge is 0.314 e. The molecule has 0 aromatic heterocycles. The van der Waals surface area contributed by atoms with Gasteiger partial charge in [-0.25, -0.2) is 4.79 Å². The van der Waals surface area contributed by atoms with Crippen LogP contribution in [0.15, 0.2) is 28.7 Å². The maximum atomic E-state index is 11.5. The number of nitrogens with one attached hydrogen (secondary N) is 2. The molecule has 106 valence electrons. The second kappa shape index (κ2) is 9.81. The van der Waals surface area contributed by atoms with Gasteiger partial charge in [0.15, 0.2) is 0 Å². The largest absolute Gasteiger partial charge is 0.396 e. The Hall–Kier alpha value is -1.07. The Morgan fingerprint density at radius 3 is 2.58 bits per heavy atom. The Morgan fingerprint density at radius 2 is 1.84 bits per heavy atom. The molecule has 19 heavy (non-hydrogen) atoms. The van der Waals surface area contributed by atoms with Crippen LogP contribution in [0.5, 0.6) is 0 Å². The van der Waals surface area contributed by atoms with E-state index in [1.54, 1.807) is 0 Å². The molecule has 0 aliphatic rings. The number of halogens is 1. The van der Waals surface area contributed by atoms with Crippen molar-refractivity contribution in [3.8, 4) is 0 Å². The molecule has 0 saturated carbocycles. The van der Waals surface area contributed by atoms with Gasteiger partial charge in [0.1, 0.15) is 0 Å². The van der Waals surface area contributed by atoms with Crippen molar-refractivity contribution in [2.45, 2.75) is 25.7 Å². The first kappa shape index (κ1) is 16.0. The lowest BCUT2D eigenvalue weighted by atomic mass is 10.1. The standard InChI is InChI=1S/C14H21BrN2O2/c15-13-7-3-2-6-12(13)8-10-17-14(19)16-9-4-1-5-11-18/h2-3,6-7,18H,1,4-5,8-11H2,(H2,16,17,19). The number of benzene rings is 1. The van der Waals surface area contributed by atoms with E-state index < -0.39 is 0 Å². The number of aliphatic hydroxyl groups excluding tert-OH is 1. The van der Waals surface area contributed by atoms with Gasteiger partial charge >= 0.3 is 6.03 Å². The number of unbranched alkanes of at least 4 members (excludes halogenated alkanes) is 2. The molecule has 0 aliphatic carbocycles. The van der Waals surface area contributed by atoms with Crippen LogP contribution in [0.1, 0.15) is 24.8 Å². The Bertz CT molecular complexity index is 385. The number of urea groups is 1. The zero-order chi connectivity index (χ0) is 13.9. The molecule has 1 aromatic carbocycles. The highest BCUT2D eigenvalue weighted by atomic mass is 79.9. The van der Waals surface area contributed by atoms with E-state index in [0.29, 0.717) is 13.1 Å². The number of rotatable bonds is 8. The van der Waals surface area contributed by atoms with Crippen LogP contribution in [0.25, 0.3) is 0 Å². The van der Waals surface area contributed by atoms with Crippen LogP contribution >= 0.6 is 15.9 Å². The Morgan fingerprint density at radius 1 is 1.11 bits per heavy atom. The summed E-state index contributed by atoms with van der Waals surface area (Å²) >= 11 is 3.48. The molecule has 0 unspecified atom stereocenters. The number of carbonyl (C=O) groups excluding carboxylic acids is 1. The van der Waals surface area contributed by atoms with Crippen LogP contribution in [0, 0.1) is 0 Å². The summed E-state index contributed by atoms with van der Waals surface area (Å²) in [5, 5.41) is 14.2. The van der Waals surface area contributed by atoms with Gasteiger partial charge in [0, 0.05) is 24.2 Å². The van der Waals surface area contributed by atoms with E-state index in [-0.39, 0.29) is 12.6 Å². The molecule has 0 radical (unpaired) electrons. The molecule has 4 nitrogen and oxygen atoms in total. The van der Waals surface area contributed by atoms with E-state index in [2.05, 4.69) is 26.6 Å². The predicted octanol–water partition coefficient (Wildman–Crippen LogP) is 2.45. The van der Waals surface area contributed by atoms with Crippen LogP contribution in [-0.2, 0) is 6.42 Å². The van der Waals surface area contributed by atoms with Gasteiger partial charge < -0.3 is 15.7 Å².